The molecule has 1 fully saturated rings. The predicted octanol–water partition coefficient (Wildman–Crippen LogP) is 6.42. The van der Waals surface area contributed by atoms with E-state index in [9.17, 15) is 19.7 Å². The Kier molecular flexibility index (Phi) is 7.74. The van der Waals surface area contributed by atoms with Crippen molar-refractivity contribution in [2.24, 2.45) is 17.8 Å². The van der Waals surface area contributed by atoms with Gasteiger partial charge in [-0.15, -0.1) is 0 Å². The first-order valence-corrected chi connectivity index (χ1v) is 14.6. The van der Waals surface area contributed by atoms with Crippen LogP contribution < -0.4 is 0 Å². The van der Waals surface area contributed by atoms with Gasteiger partial charge < -0.3 is 14.8 Å². The van der Waals surface area contributed by atoms with Crippen LogP contribution in [0.3, 0.4) is 0 Å². The fourth-order valence-corrected chi connectivity index (χ4v) is 7.12. The van der Waals surface area contributed by atoms with E-state index in [4.69, 9.17) is 4.65 Å². The lowest BCUT2D eigenvalue weighted by molar-refractivity contribution is 0.0599. The summed E-state index contributed by atoms with van der Waals surface area (Å²) in [4.78, 5) is 32.1. The van der Waals surface area contributed by atoms with E-state index in [1.54, 1.807) is 30.5 Å². The zero-order valence-corrected chi connectivity index (χ0v) is 23.2. The summed E-state index contributed by atoms with van der Waals surface area (Å²) in [5, 5.41) is 21.4. The molecule has 7 heteroatoms. The summed E-state index contributed by atoms with van der Waals surface area (Å²) in [5.41, 5.74) is 5.76. The molecule has 0 amide bonds. The lowest BCUT2D eigenvalue weighted by atomic mass is 9.54. The Morgan fingerprint density at radius 3 is 2.46 bits per heavy atom. The maximum absolute atomic E-state index is 13.9. The number of ketones is 2. The van der Waals surface area contributed by atoms with Gasteiger partial charge in [0.1, 0.15) is 5.75 Å². The van der Waals surface area contributed by atoms with Gasteiger partial charge in [0, 0.05) is 34.7 Å². The molecule has 0 radical (unpaired) electrons. The van der Waals surface area contributed by atoms with Crippen LogP contribution in [-0.2, 0) is 4.65 Å². The first-order chi connectivity index (χ1) is 20.0. The summed E-state index contributed by atoms with van der Waals surface area (Å²) in [6, 6.07) is 20.1. The van der Waals surface area contributed by atoms with E-state index in [1.807, 2.05) is 48.5 Å². The van der Waals surface area contributed by atoms with Crippen LogP contribution in [0.25, 0.3) is 11.6 Å². The number of nitrogens with zero attached hydrogens (tertiary/aromatic N) is 1. The monoisotopic (exact) mass is 547 g/mol. The van der Waals surface area contributed by atoms with Crippen molar-refractivity contribution in [3.63, 3.8) is 0 Å². The Labute approximate surface area is 240 Å². The Bertz CT molecular complexity index is 1530. The van der Waals surface area contributed by atoms with Gasteiger partial charge in [-0.1, -0.05) is 67.4 Å². The number of hydrogen-bond acceptors (Lipinski definition) is 6. The van der Waals surface area contributed by atoms with Crippen LogP contribution in [0.15, 0.2) is 84.1 Å². The van der Waals surface area contributed by atoms with Crippen LogP contribution in [0.4, 0.5) is 0 Å². The highest BCUT2D eigenvalue weighted by molar-refractivity contribution is 6.43. The second kappa shape index (κ2) is 11.6. The maximum Gasteiger partial charge on any atom is 0.455 e. The number of carbonyl (C=O) groups is 2. The molecule has 2 heterocycles. The minimum atomic E-state index is -1.02. The Morgan fingerprint density at radius 2 is 1.73 bits per heavy atom. The van der Waals surface area contributed by atoms with Gasteiger partial charge >= 0.3 is 7.12 Å². The molecule has 41 heavy (non-hydrogen) atoms. The zero-order valence-electron chi connectivity index (χ0n) is 23.2. The zero-order chi connectivity index (χ0) is 28.5. The van der Waals surface area contributed by atoms with Crippen LogP contribution in [0.1, 0.15) is 71.0 Å². The summed E-state index contributed by atoms with van der Waals surface area (Å²) >= 11 is 0. The molecule has 2 aliphatic carbocycles. The lowest BCUT2D eigenvalue weighted by Gasteiger charge is -2.47. The molecule has 3 aromatic rings. The highest BCUT2D eigenvalue weighted by Crippen LogP contribution is 2.51. The van der Waals surface area contributed by atoms with Crippen molar-refractivity contribution in [3.05, 3.63) is 106 Å². The highest BCUT2D eigenvalue weighted by Gasteiger charge is 2.53. The first kappa shape index (κ1) is 27.4. The molecule has 6 rings (SSSR count). The molecule has 1 saturated heterocycles. The molecule has 4 atom stereocenters. The Morgan fingerprint density at radius 1 is 1.00 bits per heavy atom. The molecule has 0 unspecified atom stereocenters. The Balaban J connectivity index is 1.36. The van der Waals surface area contributed by atoms with E-state index in [0.717, 1.165) is 29.7 Å². The van der Waals surface area contributed by atoms with Gasteiger partial charge in [-0.2, -0.15) is 0 Å². The van der Waals surface area contributed by atoms with E-state index in [1.165, 1.54) is 5.57 Å². The molecule has 1 aromatic heterocycles. The second-order valence-corrected chi connectivity index (χ2v) is 11.3. The molecule has 6 nitrogen and oxygen atoms in total. The fourth-order valence-electron chi connectivity index (χ4n) is 7.12. The molecule has 2 aromatic carbocycles. The van der Waals surface area contributed by atoms with E-state index in [-0.39, 0.29) is 29.3 Å². The van der Waals surface area contributed by atoms with Crippen LogP contribution in [0.2, 0.25) is 6.32 Å². The largest absolute Gasteiger partial charge is 0.507 e. The molecular weight excluding hydrogens is 513 g/mol. The summed E-state index contributed by atoms with van der Waals surface area (Å²) in [6.07, 6.45) is 7.08. The van der Waals surface area contributed by atoms with E-state index >= 15 is 0 Å². The number of phenols is 1. The van der Waals surface area contributed by atoms with Crippen LogP contribution in [0.5, 0.6) is 5.75 Å². The highest BCUT2D eigenvalue weighted by atomic mass is 16.5. The summed E-state index contributed by atoms with van der Waals surface area (Å²) in [5.74, 6) is -0.889. The number of carbonyl (C=O) groups excluding carboxylic acids is 2. The fraction of sp³-hybridized carbons (Fsp3) is 0.324. The number of aromatic nitrogens is 1. The first-order valence-electron chi connectivity index (χ1n) is 14.6. The van der Waals surface area contributed by atoms with Gasteiger partial charge in [0.25, 0.3) is 0 Å². The molecule has 3 aliphatic rings. The molecule has 0 spiro atoms. The maximum atomic E-state index is 13.9. The van der Waals surface area contributed by atoms with Crippen LogP contribution in [0, 0.1) is 17.8 Å². The van der Waals surface area contributed by atoms with Gasteiger partial charge in [0.2, 0.25) is 0 Å². The molecular formula is C34H34BNO5. The van der Waals surface area contributed by atoms with Crippen LogP contribution >= 0.6 is 0 Å². The number of rotatable bonds is 7. The standard InChI is InChI=1S/C34H34BNO5/c1-2-9-23-19-26-32(34(39)25-12-5-4-11-24(25)33(26)38)27-20-35(40)41-30(31(23)27)16-15-21(28-13-7-8-17-36-28)18-22-10-3-6-14-29(22)37/h3-8,10-14,17-18,26-27,30,32,37,40H,2,9,15-16,19-20H2,1H3/b21-18-/t26-,27+,30-,32-/m1/s1. The van der Waals surface area contributed by atoms with Crippen molar-refractivity contribution >= 4 is 30.3 Å². The van der Waals surface area contributed by atoms with E-state index in [0.29, 0.717) is 42.3 Å². The average Bonchev–Trinajstić information content (AvgIpc) is 2.99. The molecule has 2 N–H and O–H groups in total. The molecule has 1 aliphatic heterocycles. The normalized spacial score (nSPS) is 24.1. The number of para-hydroxylation sites is 1. The van der Waals surface area contributed by atoms with Crippen molar-refractivity contribution < 1.29 is 24.4 Å². The number of hydrogen-bond donors (Lipinski definition) is 2. The Hall–Kier alpha value is -3.81. The number of allylic oxidation sites excluding steroid dienone is 2. The predicted molar refractivity (Wildman–Crippen MR) is 159 cm³/mol. The molecule has 0 saturated carbocycles. The average molecular weight is 547 g/mol. The quantitative estimate of drug-likeness (QED) is 0.262. The molecule has 208 valence electrons. The van der Waals surface area contributed by atoms with E-state index in [2.05, 4.69) is 11.9 Å². The van der Waals surface area contributed by atoms with Crippen molar-refractivity contribution in [2.45, 2.75) is 51.5 Å². The number of fused-ring (bicyclic) bond motifs is 4. The third-order valence-corrected chi connectivity index (χ3v) is 8.85. The van der Waals surface area contributed by atoms with Gasteiger partial charge in [-0.3, -0.25) is 14.6 Å². The van der Waals surface area contributed by atoms with Crippen molar-refractivity contribution in [1.82, 2.24) is 4.98 Å². The topological polar surface area (TPSA) is 96.7 Å². The van der Waals surface area contributed by atoms with Crippen LogP contribution in [-0.4, -0.2) is 39.9 Å². The van der Waals surface area contributed by atoms with Gasteiger partial charge in [-0.25, -0.2) is 0 Å². The molecule has 0 bridgehead atoms. The second-order valence-electron chi connectivity index (χ2n) is 11.3. The lowest BCUT2D eigenvalue weighted by Crippen LogP contribution is -2.50. The third-order valence-electron chi connectivity index (χ3n) is 8.85. The van der Waals surface area contributed by atoms with Crippen molar-refractivity contribution in [2.75, 3.05) is 0 Å². The van der Waals surface area contributed by atoms with E-state index < -0.39 is 19.0 Å². The number of aromatic hydroxyl groups is 1. The van der Waals surface area contributed by atoms with Gasteiger partial charge in [0.05, 0.1) is 11.8 Å². The number of benzene rings is 2. The SMILES string of the molecule is CCCC1=C2[C@@H](CC/C(=C/c3ccccc3O)c3ccccn3)OB(O)C[C@@H]2[C@@H]2C(=O)c3ccccc3C(=O)[C@@H]2C1. The van der Waals surface area contributed by atoms with Gasteiger partial charge in [-0.05, 0) is 73.3 Å². The summed E-state index contributed by atoms with van der Waals surface area (Å²) < 4.78 is 6.21. The van der Waals surface area contributed by atoms with Crippen molar-refractivity contribution in [1.29, 1.82) is 0 Å². The van der Waals surface area contributed by atoms with Gasteiger partial charge in [0.15, 0.2) is 11.6 Å². The minimum Gasteiger partial charge on any atom is -0.507 e. The third kappa shape index (κ3) is 5.20. The van der Waals surface area contributed by atoms with Crippen molar-refractivity contribution in [3.8, 4) is 5.75 Å². The number of phenolic OH excluding ortho intramolecular Hbond substituents is 1. The number of pyridine rings is 1. The summed E-state index contributed by atoms with van der Waals surface area (Å²) in [7, 11) is -1.02. The number of Topliss-reactive ketones (excluding diaryl/α,β-unsaturated/α-hetero) is 2. The summed E-state index contributed by atoms with van der Waals surface area (Å²) in [6.45, 7) is 2.12. The smallest absolute Gasteiger partial charge is 0.455 e. The minimum absolute atomic E-state index is 0.00437.